The van der Waals surface area contributed by atoms with Crippen molar-refractivity contribution in [2.75, 3.05) is 11.1 Å². The molecular weight excluding hydrogens is 383 g/mol. The molecule has 142 valence electrons. The number of nitrogens with zero attached hydrogens (tertiary/aromatic N) is 3. The van der Waals surface area contributed by atoms with Crippen molar-refractivity contribution in [1.29, 1.82) is 0 Å². The van der Waals surface area contributed by atoms with Gasteiger partial charge in [0.1, 0.15) is 5.82 Å². The van der Waals surface area contributed by atoms with Crippen LogP contribution in [0, 0.1) is 12.7 Å². The largest absolute Gasteiger partial charge is 0.325 e. The predicted molar refractivity (Wildman–Crippen MR) is 109 cm³/mol. The highest BCUT2D eigenvalue weighted by Crippen LogP contribution is 2.32. The van der Waals surface area contributed by atoms with E-state index in [2.05, 4.69) is 34.7 Å². The van der Waals surface area contributed by atoms with Gasteiger partial charge in [-0.25, -0.2) is 4.39 Å². The standard InChI is InChI=1S/C19H21FN4OS2/c1-4-15-12(3)26-10-16(15)18-22-23-19(24(18)5-2)27-11-17(25)21-14-8-6-13(20)7-9-14/h6-10H,4-5,11H2,1-3H3,(H,21,25). The van der Waals surface area contributed by atoms with Crippen LogP contribution in [-0.4, -0.2) is 26.4 Å². The van der Waals surface area contributed by atoms with Crippen LogP contribution in [0.3, 0.4) is 0 Å². The lowest BCUT2D eigenvalue weighted by Crippen LogP contribution is -2.14. The Morgan fingerprint density at radius 1 is 1.26 bits per heavy atom. The van der Waals surface area contributed by atoms with Crippen LogP contribution in [0.2, 0.25) is 0 Å². The molecule has 2 heterocycles. The third-order valence-electron chi connectivity index (χ3n) is 4.19. The van der Waals surface area contributed by atoms with Gasteiger partial charge in [-0.05, 0) is 50.1 Å². The predicted octanol–water partition coefficient (Wildman–Crippen LogP) is 4.77. The summed E-state index contributed by atoms with van der Waals surface area (Å²) in [4.78, 5) is 13.5. The highest BCUT2D eigenvalue weighted by atomic mass is 32.2. The average molecular weight is 405 g/mol. The molecule has 5 nitrogen and oxygen atoms in total. The highest BCUT2D eigenvalue weighted by molar-refractivity contribution is 7.99. The van der Waals surface area contributed by atoms with Crippen LogP contribution in [0.15, 0.2) is 34.8 Å². The summed E-state index contributed by atoms with van der Waals surface area (Å²) < 4.78 is 15.0. The summed E-state index contributed by atoms with van der Waals surface area (Å²) in [7, 11) is 0. The van der Waals surface area contributed by atoms with Crippen LogP contribution < -0.4 is 5.32 Å². The molecule has 0 aliphatic carbocycles. The highest BCUT2D eigenvalue weighted by Gasteiger charge is 2.18. The van der Waals surface area contributed by atoms with E-state index >= 15 is 0 Å². The molecule has 0 unspecified atom stereocenters. The molecule has 0 saturated heterocycles. The van der Waals surface area contributed by atoms with Gasteiger partial charge in [0.25, 0.3) is 0 Å². The lowest BCUT2D eigenvalue weighted by Gasteiger charge is -2.08. The number of rotatable bonds is 7. The summed E-state index contributed by atoms with van der Waals surface area (Å²) in [6.45, 7) is 7.03. The summed E-state index contributed by atoms with van der Waals surface area (Å²) in [6, 6.07) is 5.71. The van der Waals surface area contributed by atoms with Crippen molar-refractivity contribution in [3.63, 3.8) is 0 Å². The first-order valence-corrected chi connectivity index (χ1v) is 10.6. The summed E-state index contributed by atoms with van der Waals surface area (Å²) in [5, 5.41) is 14.3. The van der Waals surface area contributed by atoms with E-state index in [1.165, 1.54) is 46.5 Å². The second-order valence-electron chi connectivity index (χ2n) is 5.93. The molecule has 0 aliphatic rings. The molecule has 27 heavy (non-hydrogen) atoms. The minimum atomic E-state index is -0.332. The van der Waals surface area contributed by atoms with E-state index in [0.29, 0.717) is 10.8 Å². The van der Waals surface area contributed by atoms with E-state index in [1.54, 1.807) is 11.3 Å². The molecule has 0 saturated carbocycles. The Hall–Kier alpha value is -2.19. The minimum absolute atomic E-state index is 0.167. The van der Waals surface area contributed by atoms with E-state index in [9.17, 15) is 9.18 Å². The number of nitrogens with one attached hydrogen (secondary N) is 1. The first-order valence-electron chi connectivity index (χ1n) is 8.72. The average Bonchev–Trinajstić information content (AvgIpc) is 3.24. The summed E-state index contributed by atoms with van der Waals surface area (Å²) >= 11 is 3.07. The van der Waals surface area contributed by atoms with Crippen molar-refractivity contribution in [3.8, 4) is 11.4 Å². The molecular formula is C19H21FN4OS2. The molecule has 0 atom stereocenters. The van der Waals surface area contributed by atoms with Gasteiger partial charge in [0.2, 0.25) is 5.91 Å². The maximum absolute atomic E-state index is 12.9. The lowest BCUT2D eigenvalue weighted by atomic mass is 10.1. The van der Waals surface area contributed by atoms with Crippen LogP contribution in [0.25, 0.3) is 11.4 Å². The Bertz CT molecular complexity index is 934. The Labute approximate surface area is 166 Å². The van der Waals surface area contributed by atoms with Gasteiger partial charge >= 0.3 is 0 Å². The second-order valence-corrected chi connectivity index (χ2v) is 7.96. The topological polar surface area (TPSA) is 59.8 Å². The maximum Gasteiger partial charge on any atom is 0.234 e. The number of aryl methyl sites for hydroxylation is 1. The molecule has 3 rings (SSSR count). The Balaban J connectivity index is 1.71. The van der Waals surface area contributed by atoms with E-state index < -0.39 is 0 Å². The zero-order chi connectivity index (χ0) is 19.4. The van der Waals surface area contributed by atoms with Crippen LogP contribution in [-0.2, 0) is 17.8 Å². The molecule has 2 aromatic heterocycles. The van der Waals surface area contributed by atoms with Gasteiger partial charge in [0.05, 0.1) is 5.75 Å². The number of anilines is 1. The number of carbonyl (C=O) groups excluding carboxylic acids is 1. The van der Waals surface area contributed by atoms with E-state index in [4.69, 9.17) is 0 Å². The van der Waals surface area contributed by atoms with E-state index in [-0.39, 0.29) is 17.5 Å². The summed E-state index contributed by atoms with van der Waals surface area (Å²) in [5.74, 6) is 0.555. The normalized spacial score (nSPS) is 11.0. The SMILES string of the molecule is CCc1c(-c2nnc(SCC(=O)Nc3ccc(F)cc3)n2CC)csc1C. The number of aromatic nitrogens is 3. The molecule has 0 spiro atoms. The molecule has 0 fully saturated rings. The quantitative estimate of drug-likeness (QED) is 0.577. The number of halogens is 1. The third kappa shape index (κ3) is 4.39. The molecule has 3 aromatic rings. The Kier molecular flexibility index (Phi) is 6.28. The summed E-state index contributed by atoms with van der Waals surface area (Å²) in [5.41, 5.74) is 2.99. The first kappa shape index (κ1) is 19.6. The second kappa shape index (κ2) is 8.67. The van der Waals surface area contributed by atoms with E-state index in [0.717, 1.165) is 24.4 Å². The Morgan fingerprint density at radius 3 is 2.67 bits per heavy atom. The molecule has 0 radical (unpaired) electrons. The van der Waals surface area contributed by atoms with E-state index in [1.807, 2.05) is 11.5 Å². The van der Waals surface area contributed by atoms with Crippen LogP contribution >= 0.6 is 23.1 Å². The molecule has 1 amide bonds. The van der Waals surface area contributed by atoms with Gasteiger partial charge in [-0.2, -0.15) is 0 Å². The van der Waals surface area contributed by atoms with Gasteiger partial charge in [0.15, 0.2) is 11.0 Å². The number of hydrogen-bond donors (Lipinski definition) is 1. The number of amides is 1. The van der Waals surface area contributed by atoms with Crippen molar-refractivity contribution in [1.82, 2.24) is 14.8 Å². The van der Waals surface area contributed by atoms with Crippen LogP contribution in [0.1, 0.15) is 24.3 Å². The number of thiophene rings is 1. The van der Waals surface area contributed by atoms with Gasteiger partial charge in [-0.1, -0.05) is 18.7 Å². The fourth-order valence-corrected chi connectivity index (χ4v) is 4.59. The van der Waals surface area contributed by atoms with Gasteiger partial charge < -0.3 is 9.88 Å². The van der Waals surface area contributed by atoms with Crippen LogP contribution in [0.4, 0.5) is 10.1 Å². The monoisotopic (exact) mass is 404 g/mol. The third-order valence-corrected chi connectivity index (χ3v) is 6.11. The van der Waals surface area contributed by atoms with Crippen molar-refractivity contribution >= 4 is 34.7 Å². The van der Waals surface area contributed by atoms with Crippen molar-refractivity contribution < 1.29 is 9.18 Å². The van der Waals surface area contributed by atoms with Crippen molar-refractivity contribution in [2.24, 2.45) is 0 Å². The molecule has 0 aliphatic heterocycles. The van der Waals surface area contributed by atoms with Gasteiger partial charge in [-0.3, -0.25) is 4.79 Å². The smallest absolute Gasteiger partial charge is 0.234 e. The molecule has 8 heteroatoms. The fraction of sp³-hybridized carbons (Fsp3) is 0.316. The molecule has 0 bridgehead atoms. The summed E-state index contributed by atoms with van der Waals surface area (Å²) in [6.07, 6.45) is 0.948. The number of carbonyl (C=O) groups is 1. The van der Waals surface area contributed by atoms with Crippen molar-refractivity contribution in [2.45, 2.75) is 38.9 Å². The number of benzene rings is 1. The van der Waals surface area contributed by atoms with Gasteiger partial charge in [-0.15, -0.1) is 21.5 Å². The zero-order valence-corrected chi connectivity index (χ0v) is 17.1. The van der Waals surface area contributed by atoms with Crippen LogP contribution in [0.5, 0.6) is 0 Å². The first-order chi connectivity index (χ1) is 13.0. The molecule has 1 aromatic carbocycles. The number of hydrogen-bond acceptors (Lipinski definition) is 5. The fourth-order valence-electron chi connectivity index (χ4n) is 2.85. The van der Waals surface area contributed by atoms with Gasteiger partial charge in [0, 0.05) is 28.1 Å². The lowest BCUT2D eigenvalue weighted by molar-refractivity contribution is -0.113. The van der Waals surface area contributed by atoms with Crippen molar-refractivity contribution in [3.05, 3.63) is 45.9 Å². The Morgan fingerprint density at radius 2 is 2.00 bits per heavy atom. The molecule has 1 N–H and O–H groups in total. The zero-order valence-electron chi connectivity index (χ0n) is 15.5. The maximum atomic E-state index is 12.9. The number of thioether (sulfide) groups is 1. The minimum Gasteiger partial charge on any atom is -0.325 e.